The van der Waals surface area contributed by atoms with Gasteiger partial charge in [0.15, 0.2) is 16.8 Å². The second-order valence-electron chi connectivity index (χ2n) is 6.95. The number of aromatic nitrogens is 1. The molecular formula is C20H17F2N3O3S. The van der Waals surface area contributed by atoms with Crippen LogP contribution in [-0.2, 0) is 14.4 Å². The topological polar surface area (TPSA) is 79.4 Å². The number of carbonyl (C=O) groups is 3. The molecule has 1 N–H and O–H groups in total. The number of hydrogen-bond donors (Lipinski definition) is 1. The maximum Gasteiger partial charge on any atom is 0.233 e. The predicted octanol–water partition coefficient (Wildman–Crippen LogP) is 3.37. The normalized spacial score (nSPS) is 20.8. The second-order valence-corrected chi connectivity index (χ2v) is 7.81. The van der Waals surface area contributed by atoms with Crippen LogP contribution in [0.2, 0.25) is 0 Å². The Kier molecular flexibility index (Phi) is 5.23. The van der Waals surface area contributed by atoms with E-state index >= 15 is 0 Å². The van der Waals surface area contributed by atoms with Crippen molar-refractivity contribution < 1.29 is 23.2 Å². The Bertz CT molecular complexity index is 994. The van der Waals surface area contributed by atoms with Crippen molar-refractivity contribution in [2.45, 2.75) is 19.3 Å². The third kappa shape index (κ3) is 3.82. The van der Waals surface area contributed by atoms with E-state index in [2.05, 4.69) is 10.3 Å². The highest BCUT2D eigenvalue weighted by molar-refractivity contribution is 7.14. The second kappa shape index (κ2) is 7.82. The summed E-state index contributed by atoms with van der Waals surface area (Å²) in [7, 11) is 0. The minimum Gasteiger partial charge on any atom is -0.302 e. The molecule has 4 rings (SSSR count). The zero-order valence-electron chi connectivity index (χ0n) is 15.2. The van der Waals surface area contributed by atoms with Crippen molar-refractivity contribution in [1.82, 2.24) is 9.88 Å². The molecule has 6 nitrogen and oxygen atoms in total. The molecule has 0 unspecified atom stereocenters. The Morgan fingerprint density at radius 2 is 1.83 bits per heavy atom. The van der Waals surface area contributed by atoms with E-state index in [-0.39, 0.29) is 42.5 Å². The van der Waals surface area contributed by atoms with Gasteiger partial charge in [-0.15, -0.1) is 11.3 Å². The highest BCUT2D eigenvalue weighted by Gasteiger charge is 2.46. The fourth-order valence-electron chi connectivity index (χ4n) is 3.60. The van der Waals surface area contributed by atoms with Crippen molar-refractivity contribution in [3.8, 4) is 11.3 Å². The number of fused-ring (bicyclic) bond motifs is 1. The number of hydrogen-bond acceptors (Lipinski definition) is 5. The largest absolute Gasteiger partial charge is 0.302 e. The molecule has 2 heterocycles. The monoisotopic (exact) mass is 417 g/mol. The number of nitrogens with one attached hydrogen (secondary N) is 1. The summed E-state index contributed by atoms with van der Waals surface area (Å²) in [6, 6.07) is 3.45. The number of thiazole rings is 1. The molecule has 29 heavy (non-hydrogen) atoms. The predicted molar refractivity (Wildman–Crippen MR) is 103 cm³/mol. The number of anilines is 1. The van der Waals surface area contributed by atoms with Gasteiger partial charge in [-0.3, -0.25) is 19.3 Å². The van der Waals surface area contributed by atoms with Crippen LogP contribution in [0.3, 0.4) is 0 Å². The van der Waals surface area contributed by atoms with Crippen LogP contribution in [0, 0.1) is 23.5 Å². The van der Waals surface area contributed by atoms with Crippen molar-refractivity contribution in [3.05, 3.63) is 47.4 Å². The van der Waals surface area contributed by atoms with Crippen molar-refractivity contribution in [1.29, 1.82) is 0 Å². The van der Waals surface area contributed by atoms with Crippen LogP contribution < -0.4 is 5.32 Å². The Hall–Kier alpha value is -2.94. The first-order valence-electron chi connectivity index (χ1n) is 9.15. The lowest BCUT2D eigenvalue weighted by Crippen LogP contribution is -2.34. The minimum absolute atomic E-state index is 0.0257. The number of carbonyl (C=O) groups excluding carboxylic acids is 3. The number of imide groups is 1. The number of rotatable bonds is 5. The SMILES string of the molecule is O=C(CCN1C(=O)[C@H]2CC=CC[C@H]2C1=O)Nc1nc(-c2ccc(F)c(F)c2)cs1. The first kappa shape index (κ1) is 19.4. The average Bonchev–Trinajstić information content (AvgIpc) is 3.26. The molecule has 1 fully saturated rings. The van der Waals surface area contributed by atoms with Gasteiger partial charge in [0.1, 0.15) is 0 Å². The quantitative estimate of drug-likeness (QED) is 0.598. The number of allylic oxidation sites excluding steroid dienone is 2. The molecule has 3 amide bonds. The van der Waals surface area contributed by atoms with Gasteiger partial charge in [0.25, 0.3) is 0 Å². The number of halogens is 2. The molecule has 2 aliphatic rings. The molecule has 1 aromatic carbocycles. The number of likely N-dealkylation sites (tertiary alicyclic amines) is 1. The summed E-state index contributed by atoms with van der Waals surface area (Å²) in [5.41, 5.74) is 0.802. The molecular weight excluding hydrogens is 400 g/mol. The standard InChI is InChI=1S/C20H17F2N3O3S/c21-14-6-5-11(9-15(14)22)16-10-29-20(23-16)24-17(26)7-8-25-18(27)12-3-1-2-4-13(12)19(25)28/h1-2,5-6,9-10,12-13H,3-4,7-8H2,(H,23,24,26)/t12-,13+. The highest BCUT2D eigenvalue weighted by Crippen LogP contribution is 2.35. The summed E-state index contributed by atoms with van der Waals surface area (Å²) in [6.07, 6.45) is 4.91. The van der Waals surface area contributed by atoms with Crippen LogP contribution in [0.25, 0.3) is 11.3 Å². The fourth-order valence-corrected chi connectivity index (χ4v) is 4.34. The van der Waals surface area contributed by atoms with Crippen molar-refractivity contribution in [2.24, 2.45) is 11.8 Å². The molecule has 2 atom stereocenters. The van der Waals surface area contributed by atoms with Crippen molar-refractivity contribution in [3.63, 3.8) is 0 Å². The van der Waals surface area contributed by atoms with Gasteiger partial charge in [0, 0.05) is 23.9 Å². The summed E-state index contributed by atoms with van der Waals surface area (Å²) >= 11 is 1.14. The Morgan fingerprint density at radius 3 is 2.48 bits per heavy atom. The summed E-state index contributed by atoms with van der Waals surface area (Å²) in [4.78, 5) is 42.4. The van der Waals surface area contributed by atoms with Gasteiger partial charge in [0.05, 0.1) is 17.5 Å². The van der Waals surface area contributed by atoms with E-state index in [9.17, 15) is 23.2 Å². The number of benzene rings is 1. The van der Waals surface area contributed by atoms with E-state index in [1.54, 1.807) is 5.38 Å². The van der Waals surface area contributed by atoms with Gasteiger partial charge in [-0.05, 0) is 31.0 Å². The summed E-state index contributed by atoms with van der Waals surface area (Å²) < 4.78 is 26.4. The Morgan fingerprint density at radius 1 is 1.14 bits per heavy atom. The van der Waals surface area contributed by atoms with Gasteiger partial charge >= 0.3 is 0 Å². The lowest BCUT2D eigenvalue weighted by Gasteiger charge is -2.14. The third-order valence-electron chi connectivity index (χ3n) is 5.13. The molecule has 1 aliphatic heterocycles. The summed E-state index contributed by atoms with van der Waals surface area (Å²) in [6.45, 7) is 0.0257. The van der Waals surface area contributed by atoms with E-state index in [1.165, 1.54) is 11.0 Å². The van der Waals surface area contributed by atoms with E-state index in [1.807, 2.05) is 12.2 Å². The zero-order chi connectivity index (χ0) is 20.5. The van der Waals surface area contributed by atoms with Gasteiger partial charge < -0.3 is 5.32 Å². The molecule has 0 bridgehead atoms. The summed E-state index contributed by atoms with van der Waals surface area (Å²) in [5.74, 6) is -3.36. The van der Waals surface area contributed by atoms with Gasteiger partial charge in [-0.1, -0.05) is 12.2 Å². The van der Waals surface area contributed by atoms with Crippen LogP contribution >= 0.6 is 11.3 Å². The van der Waals surface area contributed by atoms with E-state index in [0.29, 0.717) is 29.2 Å². The van der Waals surface area contributed by atoms with E-state index in [4.69, 9.17) is 0 Å². The van der Waals surface area contributed by atoms with Crippen LogP contribution in [-0.4, -0.2) is 34.2 Å². The first-order chi connectivity index (χ1) is 13.9. The molecule has 0 saturated carbocycles. The maximum atomic E-state index is 13.4. The van der Waals surface area contributed by atoms with Crippen LogP contribution in [0.1, 0.15) is 19.3 Å². The fraction of sp³-hybridized carbons (Fsp3) is 0.300. The molecule has 1 aliphatic carbocycles. The average molecular weight is 417 g/mol. The molecule has 1 aromatic heterocycles. The van der Waals surface area contributed by atoms with Crippen LogP contribution in [0.5, 0.6) is 0 Å². The van der Waals surface area contributed by atoms with Gasteiger partial charge in [-0.25, -0.2) is 13.8 Å². The molecule has 2 aromatic rings. The number of nitrogens with zero attached hydrogens (tertiary/aromatic N) is 2. The highest BCUT2D eigenvalue weighted by atomic mass is 32.1. The molecule has 1 saturated heterocycles. The van der Waals surface area contributed by atoms with Crippen LogP contribution in [0.4, 0.5) is 13.9 Å². The van der Waals surface area contributed by atoms with Crippen molar-refractivity contribution in [2.75, 3.05) is 11.9 Å². The molecule has 9 heteroatoms. The maximum absolute atomic E-state index is 13.4. The van der Waals surface area contributed by atoms with Gasteiger partial charge in [0.2, 0.25) is 17.7 Å². The number of amides is 3. The minimum atomic E-state index is -0.975. The molecule has 0 spiro atoms. The van der Waals surface area contributed by atoms with Crippen molar-refractivity contribution >= 4 is 34.2 Å². The zero-order valence-corrected chi connectivity index (χ0v) is 16.0. The third-order valence-corrected chi connectivity index (χ3v) is 5.88. The first-order valence-corrected chi connectivity index (χ1v) is 10.0. The van der Waals surface area contributed by atoms with E-state index in [0.717, 1.165) is 23.5 Å². The lowest BCUT2D eigenvalue weighted by molar-refractivity contribution is -0.140. The van der Waals surface area contributed by atoms with Crippen LogP contribution in [0.15, 0.2) is 35.7 Å². The Labute approximate surface area is 169 Å². The van der Waals surface area contributed by atoms with E-state index < -0.39 is 11.6 Å². The molecule has 150 valence electrons. The lowest BCUT2D eigenvalue weighted by atomic mass is 9.85. The smallest absolute Gasteiger partial charge is 0.233 e. The Balaban J connectivity index is 1.35. The molecule has 0 radical (unpaired) electrons. The van der Waals surface area contributed by atoms with Gasteiger partial charge in [-0.2, -0.15) is 0 Å². The summed E-state index contributed by atoms with van der Waals surface area (Å²) in [5, 5.41) is 4.53.